The number of hydrogen-bond donors (Lipinski definition) is 13. The maximum Gasteiger partial charge on any atom is 0.397 e. The van der Waals surface area contributed by atoms with Gasteiger partial charge in [0.2, 0.25) is 11.8 Å². The van der Waals surface area contributed by atoms with Gasteiger partial charge in [-0.3, -0.25) is 14.1 Å². The molecule has 0 bridgehead atoms. The summed E-state index contributed by atoms with van der Waals surface area (Å²) in [6.07, 6.45) is -31.8. The predicted octanol–water partition coefficient (Wildman–Crippen LogP) is -8.61. The minimum atomic E-state index is -5.13. The standard InChI is InChI=1S/C28H48N2O23S/c1-7-15(34)19(38)21(40)27(48-7)53-24-14(30-9(3)33)26(51-12(18(24)37)6-47-54(43,44)45)46-5-11-17(36)23(13(25(42)49-11)29-8(2)32)52-28-22(41)20(39)16(35)10(4-31)50-28/h7,10-28,31,34-42H,4-6H2,1-3H3,(H,29,32)(H,30,33)(H,43,44,45)/t7-,10+,11+,12+,13+,14+,15+,16-,17-,18+,19+,20-,21-,22+,23+,24+,25-,26+,27-,28-/m0/s1. The molecule has 2 amide bonds. The number of ether oxygens (including phenoxy) is 7. The first-order chi connectivity index (χ1) is 25.1. The summed E-state index contributed by atoms with van der Waals surface area (Å²) in [5.41, 5.74) is 0. The molecule has 4 rings (SSSR count). The van der Waals surface area contributed by atoms with Crippen LogP contribution in [0.15, 0.2) is 0 Å². The van der Waals surface area contributed by atoms with Gasteiger partial charge in [-0.1, -0.05) is 0 Å². The summed E-state index contributed by atoms with van der Waals surface area (Å²) < 4.78 is 75.5. The maximum absolute atomic E-state index is 12.3. The summed E-state index contributed by atoms with van der Waals surface area (Å²) >= 11 is 0. The maximum atomic E-state index is 12.3. The van der Waals surface area contributed by atoms with E-state index in [9.17, 15) is 69.1 Å². The molecule has 13 N–H and O–H groups in total. The van der Waals surface area contributed by atoms with E-state index in [0.29, 0.717) is 0 Å². The second kappa shape index (κ2) is 18.6. The van der Waals surface area contributed by atoms with Crippen LogP contribution in [0.25, 0.3) is 0 Å². The highest BCUT2D eigenvalue weighted by Crippen LogP contribution is 2.32. The van der Waals surface area contributed by atoms with Crippen molar-refractivity contribution in [3.63, 3.8) is 0 Å². The Labute approximate surface area is 307 Å². The molecular weight excluding hydrogens is 764 g/mol. The molecule has 0 aromatic heterocycles. The van der Waals surface area contributed by atoms with Gasteiger partial charge < -0.3 is 94.9 Å². The Kier molecular flexibility index (Phi) is 15.4. The van der Waals surface area contributed by atoms with Crippen molar-refractivity contribution in [2.24, 2.45) is 0 Å². The van der Waals surface area contributed by atoms with Gasteiger partial charge >= 0.3 is 10.4 Å². The van der Waals surface area contributed by atoms with Gasteiger partial charge in [-0.05, 0) is 6.92 Å². The molecule has 0 unspecified atom stereocenters. The van der Waals surface area contributed by atoms with Crippen LogP contribution in [0.2, 0.25) is 0 Å². The van der Waals surface area contributed by atoms with Crippen LogP contribution in [0.5, 0.6) is 0 Å². The first-order valence-corrected chi connectivity index (χ1v) is 18.0. The molecule has 0 aliphatic carbocycles. The van der Waals surface area contributed by atoms with Gasteiger partial charge in [0.05, 0.1) is 25.9 Å². The van der Waals surface area contributed by atoms with Gasteiger partial charge in [0.15, 0.2) is 25.2 Å². The number of hydrogen-bond acceptors (Lipinski definition) is 22. The Balaban J connectivity index is 1.60. The summed E-state index contributed by atoms with van der Waals surface area (Å²) in [5, 5.41) is 110. The van der Waals surface area contributed by atoms with Gasteiger partial charge in [0, 0.05) is 13.8 Å². The number of aliphatic hydroxyl groups excluding tert-OH is 10. The van der Waals surface area contributed by atoms with Crippen molar-refractivity contribution in [3.05, 3.63) is 0 Å². The molecule has 4 fully saturated rings. The number of amides is 2. The fraction of sp³-hybridized carbons (Fsp3) is 0.929. The van der Waals surface area contributed by atoms with Gasteiger partial charge in [-0.25, -0.2) is 4.18 Å². The molecular formula is C28H48N2O23S. The van der Waals surface area contributed by atoms with Crippen molar-refractivity contribution in [2.45, 2.75) is 143 Å². The summed E-state index contributed by atoms with van der Waals surface area (Å²) in [4.78, 5) is 24.3. The second-order valence-electron chi connectivity index (χ2n) is 13.2. The molecule has 0 spiro atoms. The third kappa shape index (κ3) is 10.5. The second-order valence-corrected chi connectivity index (χ2v) is 14.3. The van der Waals surface area contributed by atoms with Crippen molar-refractivity contribution < 1.29 is 111 Å². The third-order valence-corrected chi connectivity index (χ3v) is 9.59. The monoisotopic (exact) mass is 812 g/mol. The average Bonchev–Trinajstić information content (AvgIpc) is 3.09. The Morgan fingerprint density at radius 2 is 1.09 bits per heavy atom. The quantitative estimate of drug-likeness (QED) is 0.0768. The largest absolute Gasteiger partial charge is 0.397 e. The van der Waals surface area contributed by atoms with Crippen LogP contribution in [0.3, 0.4) is 0 Å². The van der Waals surface area contributed by atoms with E-state index < -0.39 is 165 Å². The van der Waals surface area contributed by atoms with Gasteiger partial charge in [-0.2, -0.15) is 8.42 Å². The summed E-state index contributed by atoms with van der Waals surface area (Å²) in [7, 11) is -5.13. The molecule has 20 atom stereocenters. The van der Waals surface area contributed by atoms with E-state index in [-0.39, 0.29) is 0 Å². The molecule has 0 saturated carbocycles. The first-order valence-electron chi connectivity index (χ1n) is 16.6. The zero-order valence-electron chi connectivity index (χ0n) is 28.9. The summed E-state index contributed by atoms with van der Waals surface area (Å²) in [5.74, 6) is -1.53. The highest BCUT2D eigenvalue weighted by Gasteiger charge is 2.54. The van der Waals surface area contributed by atoms with E-state index in [1.165, 1.54) is 6.92 Å². The highest BCUT2D eigenvalue weighted by atomic mass is 32.3. The van der Waals surface area contributed by atoms with E-state index in [1.807, 2.05) is 0 Å². The molecule has 4 aliphatic heterocycles. The fourth-order valence-corrected chi connectivity index (χ4v) is 6.63. The van der Waals surface area contributed by atoms with Crippen molar-refractivity contribution in [2.75, 3.05) is 19.8 Å². The van der Waals surface area contributed by atoms with Crippen LogP contribution < -0.4 is 10.6 Å². The number of aliphatic hydroxyl groups is 10. The zero-order valence-corrected chi connectivity index (χ0v) is 29.7. The lowest BCUT2D eigenvalue weighted by Crippen LogP contribution is -2.69. The topological polar surface area (TPSA) is 389 Å². The summed E-state index contributed by atoms with van der Waals surface area (Å²) in [6.45, 7) is 0.667. The third-order valence-electron chi connectivity index (χ3n) is 9.15. The van der Waals surface area contributed by atoms with Gasteiger partial charge in [0.1, 0.15) is 91.4 Å². The van der Waals surface area contributed by atoms with Gasteiger partial charge in [-0.15, -0.1) is 0 Å². The van der Waals surface area contributed by atoms with Crippen molar-refractivity contribution >= 4 is 22.2 Å². The fourth-order valence-electron chi connectivity index (χ4n) is 6.33. The van der Waals surface area contributed by atoms with Crippen LogP contribution >= 0.6 is 0 Å². The molecule has 4 aliphatic rings. The van der Waals surface area contributed by atoms with Crippen LogP contribution in [-0.4, -0.2) is 218 Å². The number of rotatable bonds is 13. The molecule has 4 heterocycles. The van der Waals surface area contributed by atoms with Gasteiger partial charge in [0.25, 0.3) is 0 Å². The van der Waals surface area contributed by atoms with E-state index >= 15 is 0 Å². The summed E-state index contributed by atoms with van der Waals surface area (Å²) in [6, 6.07) is -3.18. The molecule has 25 nitrogen and oxygen atoms in total. The molecule has 0 radical (unpaired) electrons. The first kappa shape index (κ1) is 44.8. The Morgan fingerprint density at radius 1 is 0.611 bits per heavy atom. The molecule has 0 aromatic rings. The van der Waals surface area contributed by atoms with Crippen molar-refractivity contribution in [3.8, 4) is 0 Å². The Morgan fingerprint density at radius 3 is 1.63 bits per heavy atom. The zero-order chi connectivity index (χ0) is 40.4. The lowest BCUT2D eigenvalue weighted by atomic mass is 9.94. The SMILES string of the molecule is CC(=O)N[C@@H]1[C@@H](O[C@@H]2O[C@H](CO)[C@H](O)[C@H](O)[C@H]2O)[C@@H](O)[C@@H](CO[C@@H]2O[C@H](COS(=O)(=O)O)[C@@H](O)[C@H](O[C@@H]3O[C@@H](C)[C@@H](O)[C@@H](O)[C@@H]3O)[C@H]2NC(C)=O)O[C@@H]1O. The van der Waals surface area contributed by atoms with E-state index in [2.05, 4.69) is 14.8 Å². The smallest absolute Gasteiger partial charge is 0.394 e. The minimum absolute atomic E-state index is 0.744. The highest BCUT2D eigenvalue weighted by molar-refractivity contribution is 7.80. The number of nitrogens with one attached hydrogen (secondary N) is 2. The van der Waals surface area contributed by atoms with Crippen molar-refractivity contribution in [1.82, 2.24) is 10.6 Å². The molecule has 314 valence electrons. The van der Waals surface area contributed by atoms with Crippen LogP contribution in [-0.2, 0) is 57.3 Å². The molecule has 4 saturated heterocycles. The minimum Gasteiger partial charge on any atom is -0.394 e. The average molecular weight is 813 g/mol. The van der Waals surface area contributed by atoms with Crippen LogP contribution in [0.1, 0.15) is 20.8 Å². The van der Waals surface area contributed by atoms with Crippen molar-refractivity contribution in [1.29, 1.82) is 0 Å². The van der Waals surface area contributed by atoms with Crippen LogP contribution in [0.4, 0.5) is 0 Å². The Hall–Kier alpha value is -1.87. The molecule has 54 heavy (non-hydrogen) atoms. The Bertz CT molecular complexity index is 1360. The van der Waals surface area contributed by atoms with Crippen LogP contribution in [0, 0.1) is 0 Å². The predicted molar refractivity (Wildman–Crippen MR) is 166 cm³/mol. The number of carbonyl (C=O) groups excluding carboxylic acids is 2. The lowest BCUT2D eigenvalue weighted by molar-refractivity contribution is -0.352. The van der Waals surface area contributed by atoms with E-state index in [1.54, 1.807) is 0 Å². The number of carbonyl (C=O) groups is 2. The normalized spacial score (nSPS) is 46.1. The van der Waals surface area contributed by atoms with E-state index in [0.717, 1.165) is 13.8 Å². The molecule has 0 aromatic carbocycles. The molecule has 26 heteroatoms. The lowest BCUT2D eigenvalue weighted by Gasteiger charge is -2.48. The van der Waals surface area contributed by atoms with E-state index in [4.69, 9.17) is 37.7 Å².